The van der Waals surface area contributed by atoms with Gasteiger partial charge in [0, 0.05) is 19.0 Å². The number of nitrogens with one attached hydrogen (secondary N) is 1. The van der Waals surface area contributed by atoms with Gasteiger partial charge in [0.1, 0.15) is 5.60 Å². The molecule has 3 atom stereocenters. The van der Waals surface area contributed by atoms with Crippen LogP contribution in [0.25, 0.3) is 0 Å². The summed E-state index contributed by atoms with van der Waals surface area (Å²) in [5.41, 5.74) is 1.31. The second-order valence-corrected chi connectivity index (χ2v) is 10.2. The van der Waals surface area contributed by atoms with Crippen LogP contribution in [0, 0.1) is 6.92 Å². The van der Waals surface area contributed by atoms with Gasteiger partial charge >= 0.3 is 12.3 Å². The van der Waals surface area contributed by atoms with Crippen molar-refractivity contribution in [2.75, 3.05) is 0 Å². The second-order valence-electron chi connectivity index (χ2n) is 10.2. The minimum Gasteiger partial charge on any atom is -0.444 e. The average molecular weight is 494 g/mol. The van der Waals surface area contributed by atoms with E-state index in [1.165, 1.54) is 0 Å². The standard InChI is InChI=1S/C24H30F3N5O3/c1-14-7-5-6-8-15(14)11-16(28-22(34)35-23(2,3)4)12-19(33)32-17-9-10-18(32)20-29-30-21(24(25,26)27)31(20)13-17/h5-8,16-18H,9-13H2,1-4H3,(H,28,34). The Hall–Kier alpha value is -3.11. The summed E-state index contributed by atoms with van der Waals surface area (Å²) in [6, 6.07) is 6.21. The number of fused-ring (bicyclic) bond motifs is 4. The molecule has 8 nitrogen and oxygen atoms in total. The number of carbonyl (C=O) groups is 2. The number of aryl methyl sites for hydroxylation is 1. The minimum absolute atomic E-state index is 0.00136. The van der Waals surface area contributed by atoms with Crippen LogP contribution in [0.15, 0.2) is 24.3 Å². The van der Waals surface area contributed by atoms with Gasteiger partial charge in [-0.2, -0.15) is 13.2 Å². The normalized spacial score (nSPS) is 20.4. The summed E-state index contributed by atoms with van der Waals surface area (Å²) in [4.78, 5) is 27.6. The van der Waals surface area contributed by atoms with Crippen molar-refractivity contribution in [3.63, 3.8) is 0 Å². The summed E-state index contributed by atoms with van der Waals surface area (Å²) in [5, 5.41) is 9.97. The van der Waals surface area contributed by atoms with E-state index in [-0.39, 0.29) is 30.7 Å². The molecule has 2 amide bonds. The predicted molar refractivity (Wildman–Crippen MR) is 120 cm³/mol. The highest BCUT2D eigenvalue weighted by molar-refractivity contribution is 5.79. The lowest BCUT2D eigenvalue weighted by atomic mass is 9.98. The molecule has 3 heterocycles. The molecule has 190 valence electrons. The second kappa shape index (κ2) is 9.16. The molecule has 1 aromatic carbocycles. The van der Waals surface area contributed by atoms with Gasteiger partial charge in [0.15, 0.2) is 5.82 Å². The van der Waals surface area contributed by atoms with Crippen LogP contribution in [0.5, 0.6) is 0 Å². The van der Waals surface area contributed by atoms with Gasteiger partial charge in [-0.3, -0.25) is 4.79 Å². The van der Waals surface area contributed by atoms with Gasteiger partial charge < -0.3 is 19.5 Å². The van der Waals surface area contributed by atoms with E-state index in [1.54, 1.807) is 25.7 Å². The number of alkyl halides is 3. The number of carbonyl (C=O) groups excluding carboxylic acids is 2. The predicted octanol–water partition coefficient (Wildman–Crippen LogP) is 4.18. The molecule has 1 saturated heterocycles. The maximum absolute atomic E-state index is 13.5. The number of benzene rings is 1. The van der Waals surface area contributed by atoms with Crippen molar-refractivity contribution in [2.45, 2.75) is 89.8 Å². The lowest BCUT2D eigenvalue weighted by Gasteiger charge is -2.36. The van der Waals surface area contributed by atoms with E-state index in [9.17, 15) is 22.8 Å². The van der Waals surface area contributed by atoms with E-state index in [4.69, 9.17) is 4.74 Å². The summed E-state index contributed by atoms with van der Waals surface area (Å²) < 4.78 is 46.5. The average Bonchev–Trinajstić information content (AvgIpc) is 3.29. The van der Waals surface area contributed by atoms with Crippen molar-refractivity contribution in [1.29, 1.82) is 0 Å². The van der Waals surface area contributed by atoms with Crippen molar-refractivity contribution in [1.82, 2.24) is 25.0 Å². The van der Waals surface area contributed by atoms with Crippen LogP contribution in [-0.2, 0) is 28.7 Å². The zero-order valence-corrected chi connectivity index (χ0v) is 20.2. The molecule has 4 rings (SSSR count). The molecule has 1 aromatic heterocycles. The monoisotopic (exact) mass is 493 g/mol. The Labute approximate surface area is 201 Å². The fourth-order valence-electron chi connectivity index (χ4n) is 4.92. The van der Waals surface area contributed by atoms with Gasteiger partial charge in [0.25, 0.3) is 0 Å². The smallest absolute Gasteiger partial charge is 0.444 e. The first-order chi connectivity index (χ1) is 16.3. The number of rotatable bonds is 5. The molecule has 35 heavy (non-hydrogen) atoms. The molecule has 1 fully saturated rings. The third-order valence-electron chi connectivity index (χ3n) is 6.38. The Morgan fingerprint density at radius 1 is 1.17 bits per heavy atom. The molecule has 11 heteroatoms. The number of hydrogen-bond donors (Lipinski definition) is 1. The van der Waals surface area contributed by atoms with Gasteiger partial charge in [-0.25, -0.2) is 4.79 Å². The van der Waals surface area contributed by atoms with Gasteiger partial charge in [0.2, 0.25) is 11.7 Å². The van der Waals surface area contributed by atoms with Crippen LogP contribution in [0.4, 0.5) is 18.0 Å². The van der Waals surface area contributed by atoms with Gasteiger partial charge in [0.05, 0.1) is 12.1 Å². The zero-order valence-electron chi connectivity index (χ0n) is 20.2. The maximum Gasteiger partial charge on any atom is 0.451 e. The Morgan fingerprint density at radius 2 is 1.89 bits per heavy atom. The molecule has 1 N–H and O–H groups in total. The number of hydrogen-bond acceptors (Lipinski definition) is 5. The van der Waals surface area contributed by atoms with Crippen LogP contribution in [0.2, 0.25) is 0 Å². The topological polar surface area (TPSA) is 89.4 Å². The summed E-state index contributed by atoms with van der Waals surface area (Å²) in [5.74, 6) is -1.11. The number of nitrogens with zero attached hydrogens (tertiary/aromatic N) is 4. The first-order valence-electron chi connectivity index (χ1n) is 11.7. The van der Waals surface area contributed by atoms with Crippen LogP contribution in [-0.4, -0.2) is 49.3 Å². The highest BCUT2D eigenvalue weighted by Gasteiger charge is 2.48. The van der Waals surface area contributed by atoms with Crippen molar-refractivity contribution in [3.05, 3.63) is 47.0 Å². The van der Waals surface area contributed by atoms with E-state index < -0.39 is 35.8 Å². The third kappa shape index (κ3) is 5.43. The van der Waals surface area contributed by atoms with Gasteiger partial charge in [-0.05, 0) is 58.1 Å². The summed E-state index contributed by atoms with van der Waals surface area (Å²) in [6.07, 6.45) is -3.73. The van der Waals surface area contributed by atoms with Crippen LogP contribution >= 0.6 is 0 Å². The van der Waals surface area contributed by atoms with Crippen molar-refractivity contribution in [2.24, 2.45) is 0 Å². The Morgan fingerprint density at radius 3 is 2.54 bits per heavy atom. The molecule has 0 aliphatic carbocycles. The van der Waals surface area contributed by atoms with E-state index in [0.29, 0.717) is 19.3 Å². The zero-order chi connectivity index (χ0) is 25.5. The number of amides is 2. The molecular formula is C24H30F3N5O3. The number of alkyl carbamates (subject to hydrolysis) is 1. The first-order valence-corrected chi connectivity index (χ1v) is 11.7. The summed E-state index contributed by atoms with van der Waals surface area (Å²) in [6.45, 7) is 7.22. The number of aromatic nitrogens is 3. The number of ether oxygens (including phenoxy) is 1. The number of halogens is 3. The molecule has 0 spiro atoms. The molecular weight excluding hydrogens is 463 g/mol. The maximum atomic E-state index is 13.5. The van der Waals surface area contributed by atoms with Gasteiger partial charge in [-0.1, -0.05) is 24.3 Å². The Kier molecular flexibility index (Phi) is 6.54. The van der Waals surface area contributed by atoms with Crippen LogP contribution in [0.1, 0.15) is 68.9 Å². The van der Waals surface area contributed by atoms with Crippen LogP contribution in [0.3, 0.4) is 0 Å². The molecule has 2 aromatic rings. The molecule has 3 unspecified atom stereocenters. The van der Waals surface area contributed by atoms with E-state index in [1.807, 2.05) is 31.2 Å². The van der Waals surface area contributed by atoms with Gasteiger partial charge in [-0.15, -0.1) is 10.2 Å². The van der Waals surface area contributed by atoms with E-state index in [2.05, 4.69) is 15.5 Å². The Bertz CT molecular complexity index is 1110. The first kappa shape index (κ1) is 25.0. The molecule has 2 aliphatic heterocycles. The van der Waals surface area contributed by atoms with Crippen molar-refractivity contribution in [3.8, 4) is 0 Å². The van der Waals surface area contributed by atoms with Crippen molar-refractivity contribution < 1.29 is 27.5 Å². The highest BCUT2D eigenvalue weighted by Crippen LogP contribution is 2.43. The van der Waals surface area contributed by atoms with E-state index in [0.717, 1.165) is 15.7 Å². The summed E-state index contributed by atoms with van der Waals surface area (Å²) in [7, 11) is 0. The largest absolute Gasteiger partial charge is 0.451 e. The van der Waals surface area contributed by atoms with E-state index >= 15 is 0 Å². The molecule has 0 saturated carbocycles. The fraction of sp³-hybridized carbons (Fsp3) is 0.583. The minimum atomic E-state index is -4.60. The molecule has 2 bridgehead atoms. The van der Waals surface area contributed by atoms with Crippen LogP contribution < -0.4 is 5.32 Å². The van der Waals surface area contributed by atoms with Crippen molar-refractivity contribution >= 4 is 12.0 Å². The quantitative estimate of drug-likeness (QED) is 0.675. The Balaban J connectivity index is 1.54. The lowest BCUT2D eigenvalue weighted by Crippen LogP contribution is -2.48. The molecule has 0 radical (unpaired) electrons. The SMILES string of the molecule is Cc1ccccc1CC(CC(=O)N1C2CCC1c1nnc(C(F)(F)F)n1C2)NC(=O)OC(C)(C)C. The highest BCUT2D eigenvalue weighted by atomic mass is 19.4. The summed E-state index contributed by atoms with van der Waals surface area (Å²) >= 11 is 0. The molecule has 2 aliphatic rings. The lowest BCUT2D eigenvalue weighted by molar-refractivity contribution is -0.148. The fourth-order valence-corrected chi connectivity index (χ4v) is 4.92. The third-order valence-corrected chi connectivity index (χ3v) is 6.38.